The summed E-state index contributed by atoms with van der Waals surface area (Å²) < 4.78 is 0. The molecular weight excluding hydrogens is 404 g/mol. The molecule has 3 nitrogen and oxygen atoms in total. The number of likely N-dealkylation sites (tertiary alicyclic amines) is 1. The number of piperidine rings is 1. The first-order valence-corrected chi connectivity index (χ1v) is 13.3. The fourth-order valence-corrected chi connectivity index (χ4v) is 6.88. The van der Waals surface area contributed by atoms with Gasteiger partial charge in [0.15, 0.2) is 0 Å². The zero-order valence-corrected chi connectivity index (χ0v) is 20.8. The number of hydrogen-bond acceptors (Lipinski definition) is 3. The van der Waals surface area contributed by atoms with Crippen molar-refractivity contribution in [2.75, 3.05) is 20.1 Å². The molecule has 180 valence electrons. The van der Waals surface area contributed by atoms with Crippen LogP contribution in [0.1, 0.15) is 85.7 Å². The Hall–Kier alpha value is -1.71. The third-order valence-corrected chi connectivity index (χ3v) is 8.95. The van der Waals surface area contributed by atoms with Gasteiger partial charge < -0.3 is 0 Å². The van der Waals surface area contributed by atoms with E-state index in [0.717, 1.165) is 55.2 Å². The number of aldehydes is 1. The van der Waals surface area contributed by atoms with Crippen LogP contribution in [0.2, 0.25) is 0 Å². The highest BCUT2D eigenvalue weighted by atomic mass is 16.1. The molecule has 3 heteroatoms. The number of nitrogens with zero attached hydrogens (tertiary/aromatic N) is 2. The maximum absolute atomic E-state index is 11.8. The summed E-state index contributed by atoms with van der Waals surface area (Å²) >= 11 is 0. The van der Waals surface area contributed by atoms with Crippen LogP contribution in [-0.2, 0) is 13.0 Å². The molecular formula is C30H44N2O. The Balaban J connectivity index is 1.43. The summed E-state index contributed by atoms with van der Waals surface area (Å²) in [7, 11) is 2.14. The van der Waals surface area contributed by atoms with Crippen molar-refractivity contribution in [3.8, 4) is 0 Å². The Kier molecular flexibility index (Phi) is 8.24. The van der Waals surface area contributed by atoms with Crippen LogP contribution in [0.5, 0.6) is 0 Å². The Morgan fingerprint density at radius 2 is 2.00 bits per heavy atom. The predicted octanol–water partition coefficient (Wildman–Crippen LogP) is 6.43. The lowest BCUT2D eigenvalue weighted by Crippen LogP contribution is -2.51. The van der Waals surface area contributed by atoms with Gasteiger partial charge in [-0.1, -0.05) is 43.2 Å². The molecule has 3 atom stereocenters. The molecule has 0 N–H and O–H groups in total. The van der Waals surface area contributed by atoms with E-state index in [2.05, 4.69) is 42.1 Å². The maximum atomic E-state index is 11.8. The van der Waals surface area contributed by atoms with Crippen LogP contribution in [0.3, 0.4) is 0 Å². The summed E-state index contributed by atoms with van der Waals surface area (Å²) in [6.45, 7) is 11.3. The van der Waals surface area contributed by atoms with Crippen LogP contribution in [0, 0.1) is 11.3 Å². The first-order chi connectivity index (χ1) is 16.1. The minimum atomic E-state index is 0.295. The van der Waals surface area contributed by atoms with Crippen LogP contribution in [0.15, 0.2) is 43.5 Å². The molecule has 4 rings (SSSR count). The van der Waals surface area contributed by atoms with Crippen LogP contribution in [0.4, 0.5) is 0 Å². The monoisotopic (exact) mass is 448 g/mol. The van der Waals surface area contributed by atoms with Gasteiger partial charge in [-0.05, 0) is 93.8 Å². The van der Waals surface area contributed by atoms with Gasteiger partial charge in [0.25, 0.3) is 0 Å². The molecule has 33 heavy (non-hydrogen) atoms. The topological polar surface area (TPSA) is 23.6 Å². The Morgan fingerprint density at radius 3 is 2.70 bits per heavy atom. The average Bonchev–Trinajstić information content (AvgIpc) is 3.27. The number of rotatable bonds is 11. The zero-order valence-electron chi connectivity index (χ0n) is 20.8. The summed E-state index contributed by atoms with van der Waals surface area (Å²) in [6, 6.07) is 7.61. The van der Waals surface area contributed by atoms with E-state index in [1.54, 1.807) is 0 Å². The van der Waals surface area contributed by atoms with Crippen molar-refractivity contribution in [2.24, 2.45) is 11.3 Å². The second kappa shape index (κ2) is 11.1. The van der Waals surface area contributed by atoms with Crippen LogP contribution in [0.25, 0.3) is 0 Å². The lowest BCUT2D eigenvalue weighted by molar-refractivity contribution is -0.00832. The van der Waals surface area contributed by atoms with Crippen LogP contribution >= 0.6 is 0 Å². The highest BCUT2D eigenvalue weighted by Crippen LogP contribution is 2.49. The molecule has 0 amide bonds. The van der Waals surface area contributed by atoms with Crippen LogP contribution < -0.4 is 0 Å². The van der Waals surface area contributed by atoms with Crippen molar-refractivity contribution in [1.82, 2.24) is 9.80 Å². The fourth-order valence-electron chi connectivity index (χ4n) is 6.88. The van der Waals surface area contributed by atoms with E-state index >= 15 is 0 Å². The molecule has 2 aliphatic carbocycles. The molecule has 3 fully saturated rings. The quantitative estimate of drug-likeness (QED) is 0.288. The van der Waals surface area contributed by atoms with Gasteiger partial charge in [-0.3, -0.25) is 14.6 Å². The lowest BCUT2D eigenvalue weighted by atomic mass is 9.64. The minimum absolute atomic E-state index is 0.295. The van der Waals surface area contributed by atoms with Gasteiger partial charge in [0.1, 0.15) is 6.29 Å². The lowest BCUT2D eigenvalue weighted by Gasteiger charge is -2.51. The number of allylic oxidation sites excluding steroid dienone is 1. The van der Waals surface area contributed by atoms with Crippen molar-refractivity contribution in [3.05, 3.63) is 60.2 Å². The Bertz CT molecular complexity index is 827. The van der Waals surface area contributed by atoms with Gasteiger partial charge in [0.2, 0.25) is 0 Å². The summed E-state index contributed by atoms with van der Waals surface area (Å²) in [6.07, 6.45) is 19.4. The average molecular weight is 449 g/mol. The molecule has 1 heterocycles. The summed E-state index contributed by atoms with van der Waals surface area (Å²) in [5.74, 6) is 0.751. The highest BCUT2D eigenvalue weighted by molar-refractivity contribution is 5.77. The van der Waals surface area contributed by atoms with E-state index in [1.807, 2.05) is 18.2 Å². The van der Waals surface area contributed by atoms with Gasteiger partial charge in [0.05, 0.1) is 0 Å². The summed E-state index contributed by atoms with van der Waals surface area (Å²) in [5, 5.41) is 0. The van der Waals surface area contributed by atoms with Gasteiger partial charge in [0, 0.05) is 30.7 Å². The third-order valence-electron chi connectivity index (χ3n) is 8.95. The normalized spacial score (nSPS) is 25.6. The number of benzene rings is 1. The smallest absolute Gasteiger partial charge is 0.150 e. The number of carbonyl (C=O) groups excluding carboxylic acids is 1. The summed E-state index contributed by atoms with van der Waals surface area (Å²) in [4.78, 5) is 17.0. The number of carbonyl (C=O) groups is 1. The van der Waals surface area contributed by atoms with Gasteiger partial charge in [-0.25, -0.2) is 0 Å². The van der Waals surface area contributed by atoms with E-state index in [9.17, 15) is 4.79 Å². The molecule has 3 aliphatic rings. The molecule has 1 aliphatic heterocycles. The summed E-state index contributed by atoms with van der Waals surface area (Å²) in [5.41, 5.74) is 4.04. The SMILES string of the molecule is C=CCCC(C=C)N(C)Cc1cc(CC2CCCC2N2CCCC3(CCC3)C2)ccc1C=O. The standard InChI is InChI=1S/C30H44N2O/c1-4-6-11-28(5-2)31(3)21-27-20-24(13-14-26(27)22-33)19-25-10-7-12-29(25)32-18-9-17-30(23-32)15-8-16-30/h4-5,13-14,20,22,25,28-29H,1-2,6-12,15-19,21,23H2,3H3. The van der Waals surface area contributed by atoms with Crippen LogP contribution in [-0.4, -0.2) is 48.3 Å². The van der Waals surface area contributed by atoms with E-state index in [1.165, 1.54) is 70.0 Å². The van der Waals surface area contributed by atoms with Crippen molar-refractivity contribution >= 4 is 6.29 Å². The van der Waals surface area contributed by atoms with Gasteiger partial charge in [-0.2, -0.15) is 0 Å². The first-order valence-electron chi connectivity index (χ1n) is 13.3. The van der Waals surface area contributed by atoms with Crippen molar-refractivity contribution in [1.29, 1.82) is 0 Å². The van der Waals surface area contributed by atoms with E-state index in [4.69, 9.17) is 0 Å². The zero-order chi connectivity index (χ0) is 23.3. The van der Waals surface area contributed by atoms with Crippen molar-refractivity contribution in [3.63, 3.8) is 0 Å². The van der Waals surface area contributed by atoms with Gasteiger partial charge >= 0.3 is 0 Å². The molecule has 1 saturated heterocycles. The van der Waals surface area contributed by atoms with Crippen molar-refractivity contribution < 1.29 is 4.79 Å². The second-order valence-electron chi connectivity index (χ2n) is 11.1. The number of likely N-dealkylation sites (N-methyl/N-ethyl adjacent to an activating group) is 1. The molecule has 0 aromatic heterocycles. The first kappa shape index (κ1) is 24.4. The molecule has 2 saturated carbocycles. The van der Waals surface area contributed by atoms with Gasteiger partial charge in [-0.15, -0.1) is 13.2 Å². The molecule has 1 aromatic rings. The van der Waals surface area contributed by atoms with E-state index in [0.29, 0.717) is 11.5 Å². The van der Waals surface area contributed by atoms with E-state index < -0.39 is 0 Å². The maximum Gasteiger partial charge on any atom is 0.150 e. The Labute approximate surface area is 201 Å². The largest absolute Gasteiger partial charge is 0.300 e. The predicted molar refractivity (Wildman–Crippen MR) is 139 cm³/mol. The van der Waals surface area contributed by atoms with E-state index in [-0.39, 0.29) is 0 Å². The number of hydrogen-bond donors (Lipinski definition) is 0. The highest BCUT2D eigenvalue weighted by Gasteiger charge is 2.43. The molecule has 1 spiro atoms. The van der Waals surface area contributed by atoms with Crippen molar-refractivity contribution in [2.45, 2.75) is 89.3 Å². The molecule has 1 aromatic carbocycles. The fraction of sp³-hybridized carbons (Fsp3) is 0.633. The molecule has 3 unspecified atom stereocenters. The molecule has 0 radical (unpaired) electrons. The third kappa shape index (κ3) is 5.69. The minimum Gasteiger partial charge on any atom is -0.300 e. The Morgan fingerprint density at radius 1 is 1.18 bits per heavy atom. The molecule has 0 bridgehead atoms. The second-order valence-corrected chi connectivity index (χ2v) is 11.1.